The van der Waals surface area contributed by atoms with Gasteiger partial charge in [-0.2, -0.15) is 4.39 Å². The maximum atomic E-state index is 12.7. The van der Waals surface area contributed by atoms with Crippen molar-refractivity contribution in [2.24, 2.45) is 0 Å². The third-order valence-electron chi connectivity index (χ3n) is 1.97. The number of nitrogens with one attached hydrogen (secondary N) is 1. The minimum atomic E-state index is -0.524. The largest absolute Gasteiger partial charge is 0.506 e. The highest BCUT2D eigenvalue weighted by Crippen LogP contribution is 2.08. The van der Waals surface area contributed by atoms with Crippen LogP contribution in [0.3, 0.4) is 0 Å². The van der Waals surface area contributed by atoms with E-state index in [1.807, 2.05) is 0 Å². The fourth-order valence-electron chi connectivity index (χ4n) is 1.21. The van der Waals surface area contributed by atoms with E-state index in [2.05, 4.69) is 15.3 Å². The van der Waals surface area contributed by atoms with E-state index in [0.29, 0.717) is 12.4 Å². The van der Waals surface area contributed by atoms with Gasteiger partial charge in [-0.15, -0.1) is 0 Å². The van der Waals surface area contributed by atoms with E-state index in [1.54, 1.807) is 24.3 Å². The van der Waals surface area contributed by atoms with Gasteiger partial charge in [0, 0.05) is 0 Å². The standard InChI is InChI=1S/C11H10FN3O/c12-10-2-1-3-11(15-10)14-6-8-4-5-9(16)7-13-8/h1-5,7,16H,6H2,(H,14,15). The number of aromatic nitrogens is 2. The molecule has 0 spiro atoms. The first-order valence-electron chi connectivity index (χ1n) is 4.74. The Morgan fingerprint density at radius 3 is 2.81 bits per heavy atom. The van der Waals surface area contributed by atoms with E-state index in [-0.39, 0.29) is 5.75 Å². The molecule has 0 unspecified atom stereocenters. The third-order valence-corrected chi connectivity index (χ3v) is 1.97. The molecule has 0 aliphatic heterocycles. The number of rotatable bonds is 3. The topological polar surface area (TPSA) is 58.0 Å². The van der Waals surface area contributed by atoms with Crippen LogP contribution in [0, 0.1) is 5.95 Å². The molecule has 0 radical (unpaired) electrons. The van der Waals surface area contributed by atoms with Gasteiger partial charge >= 0.3 is 0 Å². The molecular weight excluding hydrogens is 209 g/mol. The molecule has 0 amide bonds. The molecule has 16 heavy (non-hydrogen) atoms. The number of hydrogen-bond donors (Lipinski definition) is 2. The van der Waals surface area contributed by atoms with Crippen LogP contribution in [0.15, 0.2) is 36.5 Å². The summed E-state index contributed by atoms with van der Waals surface area (Å²) in [4.78, 5) is 7.63. The average Bonchev–Trinajstić information content (AvgIpc) is 2.28. The number of anilines is 1. The molecule has 0 aromatic carbocycles. The van der Waals surface area contributed by atoms with Gasteiger partial charge in [0.05, 0.1) is 18.4 Å². The average molecular weight is 219 g/mol. The maximum Gasteiger partial charge on any atom is 0.214 e. The van der Waals surface area contributed by atoms with Crippen LogP contribution in [0.5, 0.6) is 5.75 Å². The van der Waals surface area contributed by atoms with Crippen LogP contribution in [0.4, 0.5) is 10.2 Å². The highest BCUT2D eigenvalue weighted by Gasteiger charge is 1.98. The Kier molecular flexibility index (Phi) is 2.95. The molecule has 2 N–H and O–H groups in total. The van der Waals surface area contributed by atoms with Gasteiger partial charge in [0.2, 0.25) is 5.95 Å². The van der Waals surface area contributed by atoms with Gasteiger partial charge in [-0.3, -0.25) is 4.98 Å². The lowest BCUT2D eigenvalue weighted by atomic mass is 10.3. The Morgan fingerprint density at radius 1 is 1.25 bits per heavy atom. The van der Waals surface area contributed by atoms with Gasteiger partial charge in [0.15, 0.2) is 0 Å². The van der Waals surface area contributed by atoms with Crippen LogP contribution in [0.1, 0.15) is 5.69 Å². The van der Waals surface area contributed by atoms with Gasteiger partial charge in [-0.25, -0.2) is 4.98 Å². The Bertz CT molecular complexity index is 473. The quantitative estimate of drug-likeness (QED) is 0.774. The molecule has 2 heterocycles. The summed E-state index contributed by atoms with van der Waals surface area (Å²) >= 11 is 0. The zero-order chi connectivity index (χ0) is 11.4. The molecule has 0 saturated carbocycles. The molecule has 2 aromatic rings. The lowest BCUT2D eigenvalue weighted by Crippen LogP contribution is -2.03. The van der Waals surface area contributed by atoms with Gasteiger partial charge in [-0.05, 0) is 24.3 Å². The number of hydrogen-bond acceptors (Lipinski definition) is 4. The second-order valence-corrected chi connectivity index (χ2v) is 3.21. The Hall–Kier alpha value is -2.17. The lowest BCUT2D eigenvalue weighted by Gasteiger charge is -2.04. The van der Waals surface area contributed by atoms with Crippen LogP contribution in [-0.2, 0) is 6.54 Å². The van der Waals surface area contributed by atoms with E-state index in [1.165, 1.54) is 12.3 Å². The van der Waals surface area contributed by atoms with Crippen molar-refractivity contribution in [3.63, 3.8) is 0 Å². The molecule has 82 valence electrons. The Morgan fingerprint density at radius 2 is 2.12 bits per heavy atom. The molecule has 0 fully saturated rings. The van der Waals surface area contributed by atoms with Crippen LogP contribution < -0.4 is 5.32 Å². The monoisotopic (exact) mass is 219 g/mol. The van der Waals surface area contributed by atoms with Crippen molar-refractivity contribution in [3.8, 4) is 5.75 Å². The van der Waals surface area contributed by atoms with Gasteiger partial charge in [0.1, 0.15) is 11.6 Å². The SMILES string of the molecule is Oc1ccc(CNc2cccc(F)n2)nc1. The first-order chi connectivity index (χ1) is 7.74. The minimum Gasteiger partial charge on any atom is -0.506 e. The van der Waals surface area contributed by atoms with Crippen LogP contribution in [0.2, 0.25) is 0 Å². The molecule has 0 aliphatic carbocycles. The first-order valence-corrected chi connectivity index (χ1v) is 4.74. The summed E-state index contributed by atoms with van der Waals surface area (Å²) < 4.78 is 12.7. The number of pyridine rings is 2. The molecule has 0 aliphatic rings. The normalized spacial score (nSPS) is 10.1. The zero-order valence-electron chi connectivity index (χ0n) is 8.39. The predicted octanol–water partition coefficient (Wildman–Crippen LogP) is 1.93. The van der Waals surface area contributed by atoms with E-state index < -0.39 is 5.95 Å². The second kappa shape index (κ2) is 4.57. The molecule has 2 rings (SSSR count). The van der Waals surface area contributed by atoms with Crippen molar-refractivity contribution in [3.05, 3.63) is 48.2 Å². The summed E-state index contributed by atoms with van der Waals surface area (Å²) in [5, 5.41) is 12.0. The number of halogens is 1. The van der Waals surface area contributed by atoms with Crippen molar-refractivity contribution in [1.82, 2.24) is 9.97 Å². The molecule has 4 nitrogen and oxygen atoms in total. The summed E-state index contributed by atoms with van der Waals surface area (Å²) in [5.41, 5.74) is 0.740. The third kappa shape index (κ3) is 2.66. The van der Waals surface area contributed by atoms with Crippen molar-refractivity contribution in [1.29, 1.82) is 0 Å². The fourth-order valence-corrected chi connectivity index (χ4v) is 1.21. The summed E-state index contributed by atoms with van der Waals surface area (Å²) in [6.07, 6.45) is 1.36. The van der Waals surface area contributed by atoms with Crippen molar-refractivity contribution >= 4 is 5.82 Å². The second-order valence-electron chi connectivity index (χ2n) is 3.21. The van der Waals surface area contributed by atoms with Gasteiger partial charge < -0.3 is 10.4 Å². The van der Waals surface area contributed by atoms with E-state index >= 15 is 0 Å². The lowest BCUT2D eigenvalue weighted by molar-refractivity contribution is 0.472. The molecule has 0 saturated heterocycles. The number of nitrogens with zero attached hydrogens (tertiary/aromatic N) is 2. The fraction of sp³-hybridized carbons (Fsp3) is 0.0909. The molecule has 5 heteroatoms. The predicted molar refractivity (Wildman–Crippen MR) is 57.4 cm³/mol. The highest BCUT2D eigenvalue weighted by atomic mass is 19.1. The van der Waals surface area contributed by atoms with E-state index in [4.69, 9.17) is 5.11 Å². The summed E-state index contributed by atoms with van der Waals surface area (Å²) in [6.45, 7) is 0.427. The molecule has 0 bridgehead atoms. The zero-order valence-corrected chi connectivity index (χ0v) is 8.39. The summed E-state index contributed by atoms with van der Waals surface area (Å²) in [7, 11) is 0. The van der Waals surface area contributed by atoms with E-state index in [0.717, 1.165) is 5.69 Å². The van der Waals surface area contributed by atoms with Crippen LogP contribution in [0.25, 0.3) is 0 Å². The first kappa shape index (κ1) is 10.4. The van der Waals surface area contributed by atoms with Gasteiger partial charge in [-0.1, -0.05) is 6.07 Å². The van der Waals surface area contributed by atoms with Crippen LogP contribution in [-0.4, -0.2) is 15.1 Å². The smallest absolute Gasteiger partial charge is 0.214 e. The highest BCUT2D eigenvalue weighted by molar-refractivity contribution is 5.34. The van der Waals surface area contributed by atoms with Crippen molar-refractivity contribution < 1.29 is 9.50 Å². The Balaban J connectivity index is 1.99. The van der Waals surface area contributed by atoms with Crippen molar-refractivity contribution in [2.75, 3.05) is 5.32 Å². The van der Waals surface area contributed by atoms with E-state index in [9.17, 15) is 4.39 Å². The molecule has 2 aromatic heterocycles. The minimum absolute atomic E-state index is 0.118. The molecule has 0 atom stereocenters. The maximum absolute atomic E-state index is 12.7. The number of aromatic hydroxyl groups is 1. The Labute approximate surface area is 91.8 Å². The summed E-state index contributed by atoms with van der Waals surface area (Å²) in [6, 6.07) is 7.76. The van der Waals surface area contributed by atoms with Crippen LogP contribution >= 0.6 is 0 Å². The van der Waals surface area contributed by atoms with Gasteiger partial charge in [0.25, 0.3) is 0 Å². The summed E-state index contributed by atoms with van der Waals surface area (Å²) in [5.74, 6) is 0.0474. The van der Waals surface area contributed by atoms with Crippen molar-refractivity contribution in [2.45, 2.75) is 6.54 Å². The molecular formula is C11H10FN3O.